The Morgan fingerprint density at radius 2 is 2.00 bits per heavy atom. The van der Waals surface area contributed by atoms with Gasteiger partial charge in [-0.15, -0.1) is 0 Å². The Kier molecular flexibility index (Phi) is 5.01. The van der Waals surface area contributed by atoms with Gasteiger partial charge in [-0.2, -0.15) is 0 Å². The van der Waals surface area contributed by atoms with Gasteiger partial charge in [0.15, 0.2) is 0 Å². The number of carbonyl (C=O) groups is 1. The lowest BCUT2D eigenvalue weighted by molar-refractivity contribution is 0.201. The smallest absolute Gasteiger partial charge is 0.323 e. The number of hydrogen-bond donors (Lipinski definition) is 3. The first-order valence-electron chi connectivity index (χ1n) is 9.49. The highest BCUT2D eigenvalue weighted by Crippen LogP contribution is 2.20. The molecule has 0 aliphatic carbocycles. The number of hydrogen-bond acceptors (Lipinski definition) is 4. The van der Waals surface area contributed by atoms with E-state index in [0.717, 1.165) is 48.2 Å². The summed E-state index contributed by atoms with van der Waals surface area (Å²) in [4.78, 5) is 37.8. The second kappa shape index (κ2) is 7.75. The Bertz CT molecular complexity index is 1040. The van der Waals surface area contributed by atoms with E-state index in [4.69, 9.17) is 0 Å². The molecular formula is C20H24N6O2. The van der Waals surface area contributed by atoms with Crippen molar-refractivity contribution in [1.82, 2.24) is 25.2 Å². The zero-order chi connectivity index (χ0) is 19.5. The van der Waals surface area contributed by atoms with E-state index in [1.807, 2.05) is 41.6 Å². The molecule has 28 heavy (non-hydrogen) atoms. The average Bonchev–Trinajstić information content (AvgIpc) is 2.89. The van der Waals surface area contributed by atoms with Crippen molar-refractivity contribution in [2.24, 2.45) is 0 Å². The Balaban J connectivity index is 1.35. The van der Waals surface area contributed by atoms with Gasteiger partial charge < -0.3 is 25.1 Å². The van der Waals surface area contributed by atoms with Crippen molar-refractivity contribution < 1.29 is 4.79 Å². The van der Waals surface area contributed by atoms with Gasteiger partial charge in [-0.25, -0.2) is 9.59 Å². The largest absolute Gasteiger partial charge is 0.369 e. The van der Waals surface area contributed by atoms with Gasteiger partial charge >= 0.3 is 11.7 Å². The van der Waals surface area contributed by atoms with Crippen LogP contribution in [0.25, 0.3) is 11.0 Å². The summed E-state index contributed by atoms with van der Waals surface area (Å²) in [6, 6.07) is 7.60. The molecule has 3 heterocycles. The molecule has 0 atom stereocenters. The SMILES string of the molecule is Cc1cnccc1N1CCCN(C(=O)NCc2ccc3[nH]c(=O)[nH]c3c2)CC1. The first kappa shape index (κ1) is 18.1. The molecule has 8 heteroatoms. The molecule has 146 valence electrons. The number of urea groups is 1. The number of imidazole rings is 1. The fourth-order valence-corrected chi connectivity index (χ4v) is 3.66. The Labute approximate surface area is 162 Å². The van der Waals surface area contributed by atoms with Crippen LogP contribution in [0.2, 0.25) is 0 Å². The summed E-state index contributed by atoms with van der Waals surface area (Å²) < 4.78 is 0. The summed E-state index contributed by atoms with van der Waals surface area (Å²) in [7, 11) is 0. The Morgan fingerprint density at radius 3 is 2.86 bits per heavy atom. The number of fused-ring (bicyclic) bond motifs is 1. The maximum Gasteiger partial charge on any atom is 0.323 e. The molecule has 1 aromatic carbocycles. The van der Waals surface area contributed by atoms with Crippen LogP contribution >= 0.6 is 0 Å². The van der Waals surface area contributed by atoms with Crippen LogP contribution in [0.15, 0.2) is 41.5 Å². The number of aromatic nitrogens is 3. The predicted molar refractivity (Wildman–Crippen MR) is 109 cm³/mol. The van der Waals surface area contributed by atoms with E-state index in [-0.39, 0.29) is 11.7 Å². The number of aryl methyl sites for hydroxylation is 1. The molecule has 0 spiro atoms. The molecule has 2 amide bonds. The van der Waals surface area contributed by atoms with E-state index in [1.54, 1.807) is 0 Å². The van der Waals surface area contributed by atoms with Crippen LogP contribution in [0.1, 0.15) is 17.5 Å². The van der Waals surface area contributed by atoms with Gasteiger partial charge in [0.1, 0.15) is 0 Å². The van der Waals surface area contributed by atoms with Crippen molar-refractivity contribution in [3.63, 3.8) is 0 Å². The summed E-state index contributed by atoms with van der Waals surface area (Å²) in [5, 5.41) is 2.99. The monoisotopic (exact) mass is 380 g/mol. The first-order valence-corrected chi connectivity index (χ1v) is 9.49. The van der Waals surface area contributed by atoms with E-state index < -0.39 is 0 Å². The molecule has 4 rings (SSSR count). The molecule has 1 fully saturated rings. The third-order valence-corrected chi connectivity index (χ3v) is 5.14. The van der Waals surface area contributed by atoms with Gasteiger partial charge in [0, 0.05) is 50.8 Å². The normalized spacial score (nSPS) is 14.9. The van der Waals surface area contributed by atoms with E-state index in [1.165, 1.54) is 5.69 Å². The van der Waals surface area contributed by atoms with Crippen LogP contribution < -0.4 is 15.9 Å². The van der Waals surface area contributed by atoms with E-state index in [9.17, 15) is 9.59 Å². The van der Waals surface area contributed by atoms with Gasteiger partial charge in [0.25, 0.3) is 0 Å². The molecule has 8 nitrogen and oxygen atoms in total. The summed E-state index contributed by atoms with van der Waals surface area (Å²) in [6.07, 6.45) is 4.61. The molecule has 3 aromatic rings. The number of benzene rings is 1. The fraction of sp³-hybridized carbons (Fsp3) is 0.350. The third-order valence-electron chi connectivity index (χ3n) is 5.14. The lowest BCUT2D eigenvalue weighted by atomic mass is 10.2. The minimum Gasteiger partial charge on any atom is -0.369 e. The summed E-state index contributed by atoms with van der Waals surface area (Å²) in [6.45, 7) is 5.62. The van der Waals surface area contributed by atoms with Crippen LogP contribution in [0, 0.1) is 6.92 Å². The Morgan fingerprint density at radius 1 is 1.14 bits per heavy atom. The first-order chi connectivity index (χ1) is 13.6. The summed E-state index contributed by atoms with van der Waals surface area (Å²) >= 11 is 0. The van der Waals surface area contributed by atoms with Crippen molar-refractivity contribution in [3.8, 4) is 0 Å². The molecule has 1 saturated heterocycles. The lowest BCUT2D eigenvalue weighted by Crippen LogP contribution is -2.41. The van der Waals surface area contributed by atoms with Crippen LogP contribution in [-0.2, 0) is 6.54 Å². The number of aromatic amines is 2. The van der Waals surface area contributed by atoms with Crippen molar-refractivity contribution >= 4 is 22.8 Å². The standard InChI is InChI=1S/C20H24N6O2/c1-14-12-21-6-5-18(14)25-7-2-8-26(10-9-25)20(28)22-13-15-3-4-16-17(11-15)24-19(27)23-16/h3-6,11-12H,2,7-10,13H2,1H3,(H,22,28)(H2,23,24,27). The van der Waals surface area contributed by atoms with Gasteiger partial charge in [0.05, 0.1) is 11.0 Å². The van der Waals surface area contributed by atoms with Gasteiger partial charge in [-0.1, -0.05) is 6.07 Å². The molecule has 1 aliphatic heterocycles. The van der Waals surface area contributed by atoms with Crippen LogP contribution in [0.5, 0.6) is 0 Å². The zero-order valence-corrected chi connectivity index (χ0v) is 15.9. The lowest BCUT2D eigenvalue weighted by Gasteiger charge is -2.25. The quantitative estimate of drug-likeness (QED) is 0.647. The molecule has 0 saturated carbocycles. The third kappa shape index (κ3) is 3.85. The summed E-state index contributed by atoms with van der Waals surface area (Å²) in [5.41, 5.74) is 4.56. The fourth-order valence-electron chi connectivity index (χ4n) is 3.66. The number of pyridine rings is 1. The van der Waals surface area contributed by atoms with Crippen LogP contribution in [0.3, 0.4) is 0 Å². The van der Waals surface area contributed by atoms with Gasteiger partial charge in [-0.05, 0) is 42.7 Å². The number of carbonyl (C=O) groups excluding carboxylic acids is 1. The molecule has 2 aromatic heterocycles. The molecule has 0 unspecified atom stereocenters. The predicted octanol–water partition coefficient (Wildman–Crippen LogP) is 1.98. The van der Waals surface area contributed by atoms with Crippen molar-refractivity contribution in [1.29, 1.82) is 0 Å². The van der Waals surface area contributed by atoms with Crippen LogP contribution in [-0.4, -0.2) is 52.1 Å². The molecule has 0 radical (unpaired) electrons. The zero-order valence-electron chi connectivity index (χ0n) is 15.9. The number of nitrogens with one attached hydrogen (secondary N) is 3. The molecule has 3 N–H and O–H groups in total. The van der Waals surface area contributed by atoms with E-state index in [0.29, 0.717) is 13.1 Å². The number of anilines is 1. The van der Waals surface area contributed by atoms with Gasteiger partial charge in [-0.3, -0.25) is 4.98 Å². The second-order valence-electron chi connectivity index (χ2n) is 7.11. The molecule has 1 aliphatic rings. The van der Waals surface area contributed by atoms with Crippen LogP contribution in [0.4, 0.5) is 10.5 Å². The van der Waals surface area contributed by atoms with E-state index in [2.05, 4.69) is 32.1 Å². The number of nitrogens with zero attached hydrogens (tertiary/aromatic N) is 3. The highest BCUT2D eigenvalue weighted by Gasteiger charge is 2.20. The van der Waals surface area contributed by atoms with Crippen molar-refractivity contribution in [2.75, 3.05) is 31.1 Å². The molecule has 0 bridgehead atoms. The molecular weight excluding hydrogens is 356 g/mol. The number of rotatable bonds is 3. The summed E-state index contributed by atoms with van der Waals surface area (Å²) in [5.74, 6) is 0. The Hall–Kier alpha value is -3.29. The van der Waals surface area contributed by atoms with Gasteiger partial charge in [0.2, 0.25) is 0 Å². The van der Waals surface area contributed by atoms with Crippen molar-refractivity contribution in [2.45, 2.75) is 19.9 Å². The van der Waals surface area contributed by atoms with Crippen molar-refractivity contribution in [3.05, 3.63) is 58.3 Å². The maximum absolute atomic E-state index is 12.6. The highest BCUT2D eigenvalue weighted by atomic mass is 16.2. The minimum absolute atomic E-state index is 0.0593. The number of amides is 2. The topological polar surface area (TPSA) is 97.1 Å². The minimum atomic E-state index is -0.227. The average molecular weight is 380 g/mol. The second-order valence-corrected chi connectivity index (χ2v) is 7.11. The number of H-pyrrole nitrogens is 2. The highest BCUT2D eigenvalue weighted by molar-refractivity contribution is 5.76. The maximum atomic E-state index is 12.6. The van der Waals surface area contributed by atoms with E-state index >= 15 is 0 Å².